The highest BCUT2D eigenvalue weighted by molar-refractivity contribution is 8.01. The van der Waals surface area contributed by atoms with E-state index in [1.807, 2.05) is 7.05 Å². The lowest BCUT2D eigenvalue weighted by Crippen LogP contribution is -2.59. The molecule has 3 atom stereocenters. The molecule has 1 heterocycles. The number of sulfone groups is 1. The molecule has 1 aliphatic carbocycles. The molecular weight excluding hydrogens is 268 g/mol. The van der Waals surface area contributed by atoms with Crippen molar-refractivity contribution in [2.75, 3.05) is 37.4 Å². The average molecular weight is 292 g/mol. The molecule has 1 saturated heterocycles. The van der Waals surface area contributed by atoms with E-state index in [1.165, 1.54) is 6.42 Å². The van der Waals surface area contributed by atoms with Crippen LogP contribution in [0.3, 0.4) is 0 Å². The fourth-order valence-corrected chi connectivity index (χ4v) is 6.04. The second-order valence-electron chi connectivity index (χ2n) is 5.18. The molecule has 0 aromatic carbocycles. The number of nitrogens with zero attached hydrogens (tertiary/aromatic N) is 1. The van der Waals surface area contributed by atoms with Gasteiger partial charge in [0.2, 0.25) is 0 Å². The van der Waals surface area contributed by atoms with Crippen LogP contribution in [0.25, 0.3) is 0 Å². The van der Waals surface area contributed by atoms with Gasteiger partial charge in [-0.15, -0.1) is 0 Å². The largest absolute Gasteiger partial charge is 0.319 e. The maximum Gasteiger partial charge on any atom is 0.166 e. The minimum Gasteiger partial charge on any atom is -0.319 e. The summed E-state index contributed by atoms with van der Waals surface area (Å²) in [6, 6.07) is 0.477. The van der Waals surface area contributed by atoms with Crippen LogP contribution in [-0.2, 0) is 9.84 Å². The highest BCUT2D eigenvalue weighted by atomic mass is 32.2. The van der Waals surface area contributed by atoms with E-state index in [9.17, 15) is 8.42 Å². The van der Waals surface area contributed by atoms with Crippen LogP contribution in [0.5, 0.6) is 0 Å². The standard InChI is InChI=1S/C12H24N2O2S2/c1-3-18(15,16)12-9-17-7-6-14(12)11-5-4-10(11)8-13-2/h10-13H,3-9H2,1-2H3. The predicted octanol–water partition coefficient (Wildman–Crippen LogP) is 0.794. The summed E-state index contributed by atoms with van der Waals surface area (Å²) in [6.07, 6.45) is 2.39. The Kier molecular flexibility index (Phi) is 4.97. The van der Waals surface area contributed by atoms with Gasteiger partial charge in [-0.25, -0.2) is 8.42 Å². The van der Waals surface area contributed by atoms with E-state index in [0.717, 1.165) is 31.0 Å². The molecule has 4 nitrogen and oxygen atoms in total. The van der Waals surface area contributed by atoms with Gasteiger partial charge in [-0.1, -0.05) is 6.92 Å². The molecule has 6 heteroatoms. The van der Waals surface area contributed by atoms with Gasteiger partial charge in [0.1, 0.15) is 5.37 Å². The first-order valence-electron chi connectivity index (χ1n) is 6.79. The zero-order chi connectivity index (χ0) is 13.2. The van der Waals surface area contributed by atoms with Crippen molar-refractivity contribution in [2.45, 2.75) is 31.2 Å². The van der Waals surface area contributed by atoms with E-state index >= 15 is 0 Å². The van der Waals surface area contributed by atoms with Crippen LogP contribution in [0.4, 0.5) is 0 Å². The Balaban J connectivity index is 2.09. The average Bonchev–Trinajstić information content (AvgIpc) is 2.35. The molecule has 18 heavy (non-hydrogen) atoms. The van der Waals surface area contributed by atoms with Gasteiger partial charge in [-0.3, -0.25) is 4.90 Å². The second-order valence-corrected chi connectivity index (χ2v) is 8.78. The highest BCUT2D eigenvalue weighted by Gasteiger charge is 2.43. The van der Waals surface area contributed by atoms with Gasteiger partial charge >= 0.3 is 0 Å². The fraction of sp³-hybridized carbons (Fsp3) is 1.00. The maximum absolute atomic E-state index is 12.2. The summed E-state index contributed by atoms with van der Waals surface area (Å²) < 4.78 is 24.4. The first-order chi connectivity index (χ1) is 8.60. The quantitative estimate of drug-likeness (QED) is 0.812. The van der Waals surface area contributed by atoms with E-state index in [4.69, 9.17) is 0 Å². The molecule has 1 N–H and O–H groups in total. The van der Waals surface area contributed by atoms with Crippen LogP contribution in [0.2, 0.25) is 0 Å². The third-order valence-corrected chi connectivity index (χ3v) is 7.52. The van der Waals surface area contributed by atoms with E-state index in [0.29, 0.717) is 12.0 Å². The van der Waals surface area contributed by atoms with Gasteiger partial charge in [0.25, 0.3) is 0 Å². The Morgan fingerprint density at radius 1 is 1.39 bits per heavy atom. The summed E-state index contributed by atoms with van der Waals surface area (Å²) in [5.74, 6) is 2.71. The van der Waals surface area contributed by atoms with E-state index in [1.54, 1.807) is 18.7 Å². The molecule has 1 saturated carbocycles. The summed E-state index contributed by atoms with van der Waals surface area (Å²) in [7, 11) is -0.971. The van der Waals surface area contributed by atoms with Crippen molar-refractivity contribution in [1.29, 1.82) is 0 Å². The topological polar surface area (TPSA) is 49.4 Å². The molecule has 2 rings (SSSR count). The molecule has 1 aliphatic heterocycles. The van der Waals surface area contributed by atoms with Crippen molar-refractivity contribution < 1.29 is 8.42 Å². The summed E-state index contributed by atoms with van der Waals surface area (Å²) in [6.45, 7) is 3.70. The molecule has 3 unspecified atom stereocenters. The Bertz CT molecular complexity index is 372. The van der Waals surface area contributed by atoms with Crippen LogP contribution >= 0.6 is 11.8 Å². The highest BCUT2D eigenvalue weighted by Crippen LogP contribution is 2.36. The summed E-state index contributed by atoms with van der Waals surface area (Å²) >= 11 is 1.78. The van der Waals surface area contributed by atoms with Crippen molar-refractivity contribution in [1.82, 2.24) is 10.2 Å². The lowest BCUT2D eigenvalue weighted by atomic mass is 9.78. The van der Waals surface area contributed by atoms with Crippen LogP contribution in [0.15, 0.2) is 0 Å². The number of hydrogen-bond donors (Lipinski definition) is 1. The zero-order valence-corrected chi connectivity index (χ0v) is 12.9. The van der Waals surface area contributed by atoms with Crippen LogP contribution in [-0.4, -0.2) is 62.1 Å². The SMILES string of the molecule is CCS(=O)(=O)C1CSCCN1C1CCC1CNC. The minimum absolute atomic E-state index is 0.245. The molecule has 2 aliphatic rings. The van der Waals surface area contributed by atoms with Crippen LogP contribution < -0.4 is 5.32 Å². The molecule has 2 fully saturated rings. The summed E-state index contributed by atoms with van der Waals surface area (Å²) in [4.78, 5) is 2.28. The molecule has 106 valence electrons. The first kappa shape index (κ1) is 14.6. The normalized spacial score (nSPS) is 34.2. The molecule has 0 bridgehead atoms. The fourth-order valence-electron chi connectivity index (χ4n) is 2.96. The van der Waals surface area contributed by atoms with Gasteiger partial charge in [-0.05, 0) is 32.4 Å². The Morgan fingerprint density at radius 3 is 2.72 bits per heavy atom. The predicted molar refractivity (Wildman–Crippen MR) is 77.7 cm³/mol. The van der Waals surface area contributed by atoms with Gasteiger partial charge < -0.3 is 5.32 Å². The Labute approximate surface area is 115 Å². The zero-order valence-electron chi connectivity index (χ0n) is 11.3. The molecular formula is C12H24N2O2S2. The molecule has 0 amide bonds. The number of hydrogen-bond acceptors (Lipinski definition) is 5. The molecule has 0 aromatic rings. The number of thioether (sulfide) groups is 1. The van der Waals surface area contributed by atoms with E-state index < -0.39 is 9.84 Å². The Morgan fingerprint density at radius 2 is 2.17 bits per heavy atom. The van der Waals surface area contributed by atoms with Crippen LogP contribution in [0, 0.1) is 5.92 Å². The summed E-state index contributed by atoms with van der Waals surface area (Å²) in [5.41, 5.74) is 0. The molecule has 0 spiro atoms. The van der Waals surface area contributed by atoms with Crippen molar-refractivity contribution in [3.63, 3.8) is 0 Å². The second kappa shape index (κ2) is 6.11. The minimum atomic E-state index is -2.95. The van der Waals surface area contributed by atoms with Crippen molar-refractivity contribution >= 4 is 21.6 Å². The van der Waals surface area contributed by atoms with Gasteiger partial charge in [-0.2, -0.15) is 11.8 Å². The smallest absolute Gasteiger partial charge is 0.166 e. The maximum atomic E-state index is 12.2. The van der Waals surface area contributed by atoms with Crippen LogP contribution in [0.1, 0.15) is 19.8 Å². The van der Waals surface area contributed by atoms with E-state index in [2.05, 4.69) is 10.2 Å². The Hall–Kier alpha value is 0.220. The van der Waals surface area contributed by atoms with Gasteiger partial charge in [0.15, 0.2) is 9.84 Å². The number of nitrogens with one attached hydrogen (secondary N) is 1. The third kappa shape index (κ3) is 2.86. The first-order valence-corrected chi connectivity index (χ1v) is 9.66. The lowest BCUT2D eigenvalue weighted by Gasteiger charge is -2.49. The molecule has 0 aromatic heterocycles. The lowest BCUT2D eigenvalue weighted by molar-refractivity contribution is 0.0595. The third-order valence-electron chi connectivity index (χ3n) is 4.21. The number of rotatable bonds is 5. The van der Waals surface area contributed by atoms with Gasteiger partial charge in [0.05, 0.1) is 0 Å². The van der Waals surface area contributed by atoms with Gasteiger partial charge in [0, 0.05) is 29.8 Å². The summed E-state index contributed by atoms with van der Waals surface area (Å²) in [5, 5.41) is 2.98. The van der Waals surface area contributed by atoms with E-state index in [-0.39, 0.29) is 11.1 Å². The van der Waals surface area contributed by atoms with Crippen molar-refractivity contribution in [3.05, 3.63) is 0 Å². The monoisotopic (exact) mass is 292 g/mol. The van der Waals surface area contributed by atoms with Crippen molar-refractivity contribution in [2.24, 2.45) is 5.92 Å². The van der Waals surface area contributed by atoms with Crippen molar-refractivity contribution in [3.8, 4) is 0 Å². The molecule has 0 radical (unpaired) electrons.